The normalized spacial score (nSPS) is 10.8. The highest BCUT2D eigenvalue weighted by molar-refractivity contribution is 7.99. The molecule has 0 aliphatic rings. The predicted octanol–water partition coefficient (Wildman–Crippen LogP) is 3.72. The first-order valence-electron chi connectivity index (χ1n) is 7.28. The Kier molecular flexibility index (Phi) is 8.54. The third-order valence-corrected chi connectivity index (χ3v) is 3.82. The standard InChI is InChI=1S/C16H27NO2S/c1-5-20-10-6-9-19-16-11-14(12-17-13(2)3)7-8-15(16)18-4/h7-8,11,13,17H,5-6,9-10,12H2,1-4H3. The Bertz CT molecular complexity index is 383. The Morgan fingerprint density at radius 3 is 2.70 bits per heavy atom. The maximum absolute atomic E-state index is 5.86. The van der Waals surface area contributed by atoms with Gasteiger partial charge in [-0.3, -0.25) is 0 Å². The molecule has 1 N–H and O–H groups in total. The van der Waals surface area contributed by atoms with Crippen LogP contribution in [-0.2, 0) is 6.54 Å². The van der Waals surface area contributed by atoms with Crippen LogP contribution >= 0.6 is 11.8 Å². The fourth-order valence-corrected chi connectivity index (χ4v) is 2.36. The van der Waals surface area contributed by atoms with Crippen LogP contribution in [0.15, 0.2) is 18.2 Å². The molecule has 0 saturated heterocycles. The van der Waals surface area contributed by atoms with Crippen molar-refractivity contribution in [1.82, 2.24) is 5.32 Å². The summed E-state index contributed by atoms with van der Waals surface area (Å²) in [7, 11) is 1.68. The maximum atomic E-state index is 5.86. The van der Waals surface area contributed by atoms with Crippen molar-refractivity contribution in [3.8, 4) is 11.5 Å². The second-order valence-electron chi connectivity index (χ2n) is 4.92. The summed E-state index contributed by atoms with van der Waals surface area (Å²) in [6.07, 6.45) is 1.07. The summed E-state index contributed by atoms with van der Waals surface area (Å²) >= 11 is 1.95. The minimum absolute atomic E-state index is 0.479. The molecule has 0 radical (unpaired) electrons. The Balaban J connectivity index is 2.54. The summed E-state index contributed by atoms with van der Waals surface area (Å²) in [5.74, 6) is 3.96. The van der Waals surface area contributed by atoms with Gasteiger partial charge in [-0.15, -0.1) is 0 Å². The van der Waals surface area contributed by atoms with Crippen LogP contribution in [0.2, 0.25) is 0 Å². The number of methoxy groups -OCH3 is 1. The predicted molar refractivity (Wildman–Crippen MR) is 88.1 cm³/mol. The van der Waals surface area contributed by atoms with Crippen LogP contribution in [-0.4, -0.2) is 31.3 Å². The number of hydrogen-bond acceptors (Lipinski definition) is 4. The van der Waals surface area contributed by atoms with Gasteiger partial charge in [-0.1, -0.05) is 26.8 Å². The van der Waals surface area contributed by atoms with Crippen molar-refractivity contribution < 1.29 is 9.47 Å². The lowest BCUT2D eigenvalue weighted by Crippen LogP contribution is -2.21. The lowest BCUT2D eigenvalue weighted by Gasteiger charge is -2.13. The van der Waals surface area contributed by atoms with Crippen LogP contribution in [0.3, 0.4) is 0 Å². The number of rotatable bonds is 10. The van der Waals surface area contributed by atoms with E-state index in [1.165, 1.54) is 11.3 Å². The zero-order valence-electron chi connectivity index (χ0n) is 13.1. The van der Waals surface area contributed by atoms with Gasteiger partial charge in [0.05, 0.1) is 13.7 Å². The van der Waals surface area contributed by atoms with Gasteiger partial charge in [0, 0.05) is 12.6 Å². The second kappa shape index (κ2) is 9.94. The first-order valence-corrected chi connectivity index (χ1v) is 8.43. The molecule has 114 valence electrons. The van der Waals surface area contributed by atoms with Gasteiger partial charge in [0.15, 0.2) is 11.5 Å². The average molecular weight is 297 g/mol. The van der Waals surface area contributed by atoms with Crippen molar-refractivity contribution in [2.24, 2.45) is 0 Å². The fourth-order valence-electron chi connectivity index (χ4n) is 1.75. The first-order chi connectivity index (χ1) is 9.67. The molecule has 4 heteroatoms. The molecule has 0 spiro atoms. The highest BCUT2D eigenvalue weighted by atomic mass is 32.2. The molecule has 1 rings (SSSR count). The lowest BCUT2D eigenvalue weighted by atomic mass is 10.2. The topological polar surface area (TPSA) is 30.5 Å². The molecule has 0 aliphatic heterocycles. The van der Waals surface area contributed by atoms with Crippen molar-refractivity contribution in [2.75, 3.05) is 25.2 Å². The molecule has 1 aromatic rings. The molecule has 0 unspecified atom stereocenters. The van der Waals surface area contributed by atoms with Crippen LogP contribution in [0.4, 0.5) is 0 Å². The third-order valence-electron chi connectivity index (χ3n) is 2.84. The van der Waals surface area contributed by atoms with E-state index in [0.29, 0.717) is 6.04 Å². The molecule has 0 saturated carbocycles. The van der Waals surface area contributed by atoms with Gasteiger partial charge in [0.2, 0.25) is 0 Å². The molecule has 0 amide bonds. The first kappa shape index (κ1) is 17.2. The molecule has 1 aromatic carbocycles. The van der Waals surface area contributed by atoms with E-state index in [9.17, 15) is 0 Å². The fraction of sp³-hybridized carbons (Fsp3) is 0.625. The van der Waals surface area contributed by atoms with Gasteiger partial charge in [0.1, 0.15) is 0 Å². The molecular formula is C16H27NO2S. The van der Waals surface area contributed by atoms with E-state index in [4.69, 9.17) is 9.47 Å². The highest BCUT2D eigenvalue weighted by Gasteiger charge is 2.06. The molecular weight excluding hydrogens is 270 g/mol. The van der Waals surface area contributed by atoms with E-state index in [1.807, 2.05) is 17.8 Å². The monoisotopic (exact) mass is 297 g/mol. The Labute approximate surface area is 127 Å². The Morgan fingerprint density at radius 1 is 1.25 bits per heavy atom. The molecule has 0 fully saturated rings. The van der Waals surface area contributed by atoms with Gasteiger partial charge in [0.25, 0.3) is 0 Å². The van der Waals surface area contributed by atoms with E-state index in [2.05, 4.69) is 38.2 Å². The molecule has 0 heterocycles. The lowest BCUT2D eigenvalue weighted by molar-refractivity contribution is 0.295. The van der Waals surface area contributed by atoms with Gasteiger partial charge >= 0.3 is 0 Å². The van der Waals surface area contributed by atoms with Gasteiger partial charge in [-0.2, -0.15) is 11.8 Å². The minimum Gasteiger partial charge on any atom is -0.493 e. The zero-order chi connectivity index (χ0) is 14.8. The summed E-state index contributed by atoms with van der Waals surface area (Å²) in [5.41, 5.74) is 1.22. The maximum Gasteiger partial charge on any atom is 0.161 e. The summed E-state index contributed by atoms with van der Waals surface area (Å²) in [5, 5.41) is 3.41. The molecule has 20 heavy (non-hydrogen) atoms. The smallest absolute Gasteiger partial charge is 0.161 e. The van der Waals surface area contributed by atoms with Crippen LogP contribution < -0.4 is 14.8 Å². The SMILES string of the molecule is CCSCCCOc1cc(CNC(C)C)ccc1OC. The van der Waals surface area contributed by atoms with Crippen LogP contribution in [0.1, 0.15) is 32.8 Å². The second-order valence-corrected chi connectivity index (χ2v) is 6.31. The van der Waals surface area contributed by atoms with Gasteiger partial charge < -0.3 is 14.8 Å². The molecule has 3 nitrogen and oxygen atoms in total. The molecule has 0 bridgehead atoms. The van der Waals surface area contributed by atoms with E-state index < -0.39 is 0 Å². The minimum atomic E-state index is 0.479. The van der Waals surface area contributed by atoms with Crippen molar-refractivity contribution >= 4 is 11.8 Å². The number of nitrogens with one attached hydrogen (secondary N) is 1. The number of thioether (sulfide) groups is 1. The van der Waals surface area contributed by atoms with Crippen molar-refractivity contribution in [3.63, 3.8) is 0 Å². The van der Waals surface area contributed by atoms with E-state index >= 15 is 0 Å². The van der Waals surface area contributed by atoms with Crippen molar-refractivity contribution in [3.05, 3.63) is 23.8 Å². The third kappa shape index (κ3) is 6.53. The average Bonchev–Trinajstić information content (AvgIpc) is 2.45. The molecule has 0 aliphatic carbocycles. The van der Waals surface area contributed by atoms with Crippen LogP contribution in [0, 0.1) is 0 Å². The van der Waals surface area contributed by atoms with Gasteiger partial charge in [-0.05, 0) is 35.6 Å². The molecule has 0 atom stereocenters. The van der Waals surface area contributed by atoms with Crippen LogP contribution in [0.5, 0.6) is 11.5 Å². The number of ether oxygens (including phenoxy) is 2. The summed E-state index contributed by atoms with van der Waals surface area (Å²) in [6.45, 7) is 8.06. The van der Waals surface area contributed by atoms with Crippen LogP contribution in [0.25, 0.3) is 0 Å². The van der Waals surface area contributed by atoms with E-state index in [0.717, 1.165) is 36.8 Å². The van der Waals surface area contributed by atoms with E-state index in [-0.39, 0.29) is 0 Å². The summed E-state index contributed by atoms with van der Waals surface area (Å²) in [6, 6.07) is 6.61. The number of hydrogen-bond donors (Lipinski definition) is 1. The van der Waals surface area contributed by atoms with E-state index in [1.54, 1.807) is 7.11 Å². The highest BCUT2D eigenvalue weighted by Crippen LogP contribution is 2.28. The zero-order valence-corrected chi connectivity index (χ0v) is 13.9. The Hall–Kier alpha value is -0.870. The Morgan fingerprint density at radius 2 is 2.05 bits per heavy atom. The van der Waals surface area contributed by atoms with Crippen molar-refractivity contribution in [2.45, 2.75) is 39.8 Å². The largest absolute Gasteiger partial charge is 0.493 e. The quantitative estimate of drug-likeness (QED) is 0.667. The summed E-state index contributed by atoms with van der Waals surface area (Å²) < 4.78 is 11.2. The number of benzene rings is 1. The summed E-state index contributed by atoms with van der Waals surface area (Å²) in [4.78, 5) is 0. The van der Waals surface area contributed by atoms with Crippen molar-refractivity contribution in [1.29, 1.82) is 0 Å². The van der Waals surface area contributed by atoms with Gasteiger partial charge in [-0.25, -0.2) is 0 Å². The molecule has 0 aromatic heterocycles.